The van der Waals surface area contributed by atoms with E-state index in [1.807, 2.05) is 0 Å². The fourth-order valence-corrected chi connectivity index (χ4v) is 1.33. The molecule has 1 atom stereocenters. The van der Waals surface area contributed by atoms with Gasteiger partial charge >= 0.3 is 12.1 Å². The first-order valence-electron chi connectivity index (χ1n) is 4.66. The molecule has 0 bridgehead atoms. The van der Waals surface area contributed by atoms with Gasteiger partial charge in [-0.05, 0) is 12.1 Å². The third-order valence-electron chi connectivity index (χ3n) is 2.31. The van der Waals surface area contributed by atoms with Crippen LogP contribution in [-0.4, -0.2) is 22.1 Å². The third kappa shape index (κ3) is 3.25. The molecule has 5 nitrogen and oxygen atoms in total. The average Bonchev–Trinajstić information content (AvgIpc) is 2.25. The number of aromatic hydroxyl groups is 1. The Balaban J connectivity index is 0.00000361. The van der Waals surface area contributed by atoms with Gasteiger partial charge in [0.15, 0.2) is 0 Å². The van der Waals surface area contributed by atoms with Crippen molar-refractivity contribution in [2.45, 2.75) is 18.1 Å². The number of nitrogens with two attached hydrogens (primary N) is 1. The van der Waals surface area contributed by atoms with Gasteiger partial charge in [-0.3, -0.25) is 10.1 Å². The van der Waals surface area contributed by atoms with Gasteiger partial charge in [0.1, 0.15) is 11.8 Å². The van der Waals surface area contributed by atoms with Gasteiger partial charge in [0.05, 0.1) is 10.5 Å². The van der Waals surface area contributed by atoms with Crippen molar-refractivity contribution in [2.24, 2.45) is 5.73 Å². The van der Waals surface area contributed by atoms with Crippen molar-refractivity contribution in [1.29, 1.82) is 0 Å². The Morgan fingerprint density at radius 1 is 1.25 bits per heavy atom. The van der Waals surface area contributed by atoms with Crippen LogP contribution in [0.4, 0.5) is 27.6 Å². The SMILES string of the molecule is Cl.N[C@H](c1cc(O)ccc1[N+](=O)[O-])C(F)(F)C(F)(F)F. The second kappa shape index (κ2) is 5.75. The smallest absolute Gasteiger partial charge is 0.455 e. The molecule has 0 aliphatic carbocycles. The van der Waals surface area contributed by atoms with Crippen LogP contribution in [0, 0.1) is 10.1 Å². The largest absolute Gasteiger partial charge is 0.508 e. The van der Waals surface area contributed by atoms with Crippen LogP contribution in [-0.2, 0) is 0 Å². The van der Waals surface area contributed by atoms with Crippen LogP contribution in [0.3, 0.4) is 0 Å². The zero-order chi connectivity index (χ0) is 15.0. The Morgan fingerprint density at radius 3 is 2.15 bits per heavy atom. The molecular weight excluding hydrogens is 315 g/mol. The molecule has 0 amide bonds. The molecule has 0 aromatic heterocycles. The molecule has 0 saturated heterocycles. The molecule has 3 N–H and O–H groups in total. The number of phenols is 1. The van der Waals surface area contributed by atoms with Gasteiger partial charge in [-0.2, -0.15) is 22.0 Å². The number of nitrogens with zero attached hydrogens (tertiary/aromatic N) is 1. The molecule has 0 spiro atoms. The van der Waals surface area contributed by atoms with Crippen LogP contribution in [0.25, 0.3) is 0 Å². The van der Waals surface area contributed by atoms with Gasteiger partial charge in [0.2, 0.25) is 0 Å². The maximum absolute atomic E-state index is 13.0. The predicted molar refractivity (Wildman–Crippen MR) is 59.9 cm³/mol. The van der Waals surface area contributed by atoms with Crippen molar-refractivity contribution in [2.75, 3.05) is 0 Å². The van der Waals surface area contributed by atoms with E-state index in [1.165, 1.54) is 0 Å². The predicted octanol–water partition coefficient (Wildman–Crippen LogP) is 2.92. The second-order valence-corrected chi connectivity index (χ2v) is 3.60. The normalized spacial score (nSPS) is 13.5. The maximum atomic E-state index is 13.0. The second-order valence-electron chi connectivity index (χ2n) is 3.60. The van der Waals surface area contributed by atoms with Crippen LogP contribution < -0.4 is 5.73 Å². The first kappa shape index (κ1) is 18.3. The van der Waals surface area contributed by atoms with E-state index in [9.17, 15) is 32.1 Å². The first-order valence-corrected chi connectivity index (χ1v) is 4.66. The number of hydrogen-bond acceptors (Lipinski definition) is 4. The van der Waals surface area contributed by atoms with Gasteiger partial charge in [0, 0.05) is 6.07 Å². The quantitative estimate of drug-likeness (QED) is 0.508. The van der Waals surface area contributed by atoms with Crippen molar-refractivity contribution in [3.63, 3.8) is 0 Å². The zero-order valence-electron chi connectivity index (χ0n) is 9.40. The van der Waals surface area contributed by atoms with E-state index < -0.39 is 40.1 Å². The third-order valence-corrected chi connectivity index (χ3v) is 2.31. The zero-order valence-corrected chi connectivity index (χ0v) is 10.2. The van der Waals surface area contributed by atoms with E-state index in [0.29, 0.717) is 12.1 Å². The van der Waals surface area contributed by atoms with E-state index in [4.69, 9.17) is 10.8 Å². The first-order chi connectivity index (χ1) is 8.48. The summed E-state index contributed by atoms with van der Waals surface area (Å²) in [6.45, 7) is 0. The summed E-state index contributed by atoms with van der Waals surface area (Å²) >= 11 is 0. The van der Waals surface area contributed by atoms with Crippen molar-refractivity contribution in [1.82, 2.24) is 0 Å². The molecule has 0 fully saturated rings. The van der Waals surface area contributed by atoms with E-state index in [0.717, 1.165) is 6.07 Å². The monoisotopic (exact) mass is 322 g/mol. The number of hydrogen-bond donors (Lipinski definition) is 2. The topological polar surface area (TPSA) is 89.4 Å². The fraction of sp³-hybridized carbons (Fsp3) is 0.333. The molecule has 1 aromatic carbocycles. The van der Waals surface area contributed by atoms with Crippen LogP contribution in [0.1, 0.15) is 11.6 Å². The van der Waals surface area contributed by atoms with E-state index in [2.05, 4.69) is 0 Å². The number of nitro benzene ring substituents is 1. The number of phenolic OH excluding ortho intramolecular Hbond substituents is 1. The maximum Gasteiger partial charge on any atom is 0.455 e. The molecule has 1 rings (SSSR count). The number of rotatable bonds is 3. The minimum Gasteiger partial charge on any atom is -0.508 e. The molecule has 0 saturated carbocycles. The van der Waals surface area contributed by atoms with Crippen molar-refractivity contribution < 1.29 is 32.0 Å². The lowest BCUT2D eigenvalue weighted by Gasteiger charge is -2.25. The van der Waals surface area contributed by atoms with Crippen LogP contribution in [0.15, 0.2) is 18.2 Å². The highest BCUT2D eigenvalue weighted by Gasteiger charge is 2.62. The molecule has 114 valence electrons. The highest BCUT2D eigenvalue weighted by molar-refractivity contribution is 5.85. The van der Waals surface area contributed by atoms with Gasteiger partial charge < -0.3 is 10.8 Å². The lowest BCUT2D eigenvalue weighted by molar-refractivity contribution is -0.386. The highest BCUT2D eigenvalue weighted by atomic mass is 35.5. The Bertz CT molecular complexity index is 509. The molecule has 0 aliphatic heterocycles. The summed E-state index contributed by atoms with van der Waals surface area (Å²) < 4.78 is 62.5. The van der Waals surface area contributed by atoms with Gasteiger partial charge in [0.25, 0.3) is 5.69 Å². The van der Waals surface area contributed by atoms with Crippen LogP contribution >= 0.6 is 12.4 Å². The molecule has 11 heteroatoms. The minimum absolute atomic E-state index is 0. The molecule has 0 radical (unpaired) electrons. The standard InChI is InChI=1S/C9H7F5N2O3.ClH/c10-8(11,9(12,13)14)7(15)5-3-4(17)1-2-6(5)16(18)19;/h1-3,7,17H,15H2;1H/t7-;/m1./s1. The van der Waals surface area contributed by atoms with Gasteiger partial charge in [-0.25, -0.2) is 0 Å². The summed E-state index contributed by atoms with van der Waals surface area (Å²) in [5.74, 6) is -6.08. The van der Waals surface area contributed by atoms with Crippen LogP contribution in [0.2, 0.25) is 0 Å². The molecule has 0 heterocycles. The van der Waals surface area contributed by atoms with E-state index in [-0.39, 0.29) is 12.4 Å². The van der Waals surface area contributed by atoms with Crippen molar-refractivity contribution in [3.8, 4) is 5.75 Å². The summed E-state index contributed by atoms with van der Waals surface area (Å²) in [6.07, 6.45) is -5.97. The lowest BCUT2D eigenvalue weighted by atomic mass is 9.99. The summed E-state index contributed by atoms with van der Waals surface area (Å²) in [7, 11) is 0. The Labute approximate surface area is 114 Å². The molecule has 0 unspecified atom stereocenters. The Hall–Kier alpha value is -1.68. The summed E-state index contributed by atoms with van der Waals surface area (Å²) in [4.78, 5) is 9.39. The molecule has 1 aromatic rings. The Morgan fingerprint density at radius 2 is 1.75 bits per heavy atom. The van der Waals surface area contributed by atoms with E-state index >= 15 is 0 Å². The summed E-state index contributed by atoms with van der Waals surface area (Å²) in [6, 6.07) is -1.22. The number of halogens is 6. The van der Waals surface area contributed by atoms with Gasteiger partial charge in [-0.15, -0.1) is 12.4 Å². The summed E-state index contributed by atoms with van der Waals surface area (Å²) in [5, 5.41) is 19.6. The summed E-state index contributed by atoms with van der Waals surface area (Å²) in [5.41, 5.74) is 2.64. The fourth-order valence-electron chi connectivity index (χ4n) is 1.33. The lowest BCUT2D eigenvalue weighted by Crippen LogP contribution is -2.46. The Kier molecular flexibility index (Phi) is 5.27. The van der Waals surface area contributed by atoms with Crippen LogP contribution in [0.5, 0.6) is 5.75 Å². The van der Waals surface area contributed by atoms with Crippen molar-refractivity contribution >= 4 is 18.1 Å². The minimum atomic E-state index is -5.97. The molecular formula is C9H8ClF5N2O3. The van der Waals surface area contributed by atoms with Crippen molar-refractivity contribution in [3.05, 3.63) is 33.9 Å². The molecule has 0 aliphatic rings. The average molecular weight is 323 g/mol. The number of nitro groups is 1. The number of alkyl halides is 5. The van der Waals surface area contributed by atoms with Gasteiger partial charge in [-0.1, -0.05) is 0 Å². The van der Waals surface area contributed by atoms with E-state index in [1.54, 1.807) is 0 Å². The highest BCUT2D eigenvalue weighted by Crippen LogP contribution is 2.45. The number of benzene rings is 1. The molecule has 20 heavy (non-hydrogen) atoms.